The average molecular weight is 204 g/mol. The first-order valence-corrected chi connectivity index (χ1v) is 5.65. The molecule has 0 atom stereocenters. The predicted molar refractivity (Wildman–Crippen MR) is 66.3 cm³/mol. The summed E-state index contributed by atoms with van der Waals surface area (Å²) in [5, 5.41) is 0. The molecule has 2 heteroatoms. The summed E-state index contributed by atoms with van der Waals surface area (Å²) in [5.74, 6) is 0. The molecule has 0 amide bonds. The average Bonchev–Trinajstić information content (AvgIpc) is 2.50. The quantitative estimate of drug-likeness (QED) is 0.713. The Bertz CT molecular complexity index is 369. The van der Waals surface area contributed by atoms with Crippen LogP contribution in [0.15, 0.2) is 18.2 Å². The zero-order valence-electron chi connectivity index (χ0n) is 9.88. The van der Waals surface area contributed by atoms with E-state index in [2.05, 4.69) is 43.9 Å². The Morgan fingerprint density at radius 1 is 1.33 bits per heavy atom. The summed E-state index contributed by atoms with van der Waals surface area (Å²) in [7, 11) is 0. The third kappa shape index (κ3) is 1.69. The van der Waals surface area contributed by atoms with Gasteiger partial charge in [0, 0.05) is 12.1 Å². The Balaban J connectivity index is 2.41. The van der Waals surface area contributed by atoms with Crippen LogP contribution in [0.25, 0.3) is 0 Å². The molecule has 1 aromatic carbocycles. The van der Waals surface area contributed by atoms with E-state index in [1.165, 1.54) is 24.1 Å². The van der Waals surface area contributed by atoms with Crippen LogP contribution in [0.3, 0.4) is 0 Å². The number of hydrogen-bond donors (Lipinski definition) is 1. The van der Waals surface area contributed by atoms with E-state index in [-0.39, 0.29) is 5.54 Å². The van der Waals surface area contributed by atoms with E-state index in [1.807, 2.05) is 0 Å². The minimum atomic E-state index is 0.252. The van der Waals surface area contributed by atoms with Crippen molar-refractivity contribution in [1.82, 2.24) is 0 Å². The molecule has 1 heterocycles. The van der Waals surface area contributed by atoms with Crippen LogP contribution >= 0.6 is 0 Å². The molecule has 15 heavy (non-hydrogen) atoms. The van der Waals surface area contributed by atoms with Gasteiger partial charge in [-0.25, -0.2) is 0 Å². The van der Waals surface area contributed by atoms with Crippen LogP contribution in [-0.4, -0.2) is 12.1 Å². The maximum absolute atomic E-state index is 6.14. The summed E-state index contributed by atoms with van der Waals surface area (Å²) >= 11 is 0. The van der Waals surface area contributed by atoms with Crippen molar-refractivity contribution in [3.63, 3.8) is 0 Å². The molecule has 0 aliphatic carbocycles. The highest BCUT2D eigenvalue weighted by Crippen LogP contribution is 2.37. The molecule has 1 aliphatic rings. The number of para-hydroxylation sites is 1. The number of benzene rings is 1. The van der Waals surface area contributed by atoms with Gasteiger partial charge >= 0.3 is 0 Å². The molecule has 2 nitrogen and oxygen atoms in total. The number of nitrogen functional groups attached to an aromatic ring is 1. The molecule has 2 rings (SSSR count). The molecule has 0 bridgehead atoms. The van der Waals surface area contributed by atoms with Gasteiger partial charge in [0.05, 0.1) is 11.4 Å². The minimum Gasteiger partial charge on any atom is -0.397 e. The standard InChI is InChI=1S/C13H20N2/c1-10-6-4-7-11(12(10)14)15-9-5-8-13(15,2)3/h4,6-7H,5,8-9,14H2,1-3H3. The number of aryl methyl sites for hydroxylation is 1. The highest BCUT2D eigenvalue weighted by molar-refractivity contribution is 5.72. The van der Waals surface area contributed by atoms with Crippen molar-refractivity contribution in [1.29, 1.82) is 0 Å². The molecule has 0 radical (unpaired) electrons. The van der Waals surface area contributed by atoms with Crippen LogP contribution in [0.1, 0.15) is 32.3 Å². The van der Waals surface area contributed by atoms with Gasteiger partial charge in [0.2, 0.25) is 0 Å². The van der Waals surface area contributed by atoms with Crippen molar-refractivity contribution in [2.75, 3.05) is 17.2 Å². The monoisotopic (exact) mass is 204 g/mol. The third-order valence-corrected chi connectivity index (χ3v) is 3.49. The zero-order valence-corrected chi connectivity index (χ0v) is 9.88. The van der Waals surface area contributed by atoms with Gasteiger partial charge in [-0.1, -0.05) is 12.1 Å². The first kappa shape index (κ1) is 10.3. The smallest absolute Gasteiger partial charge is 0.0607 e. The second-order valence-corrected chi connectivity index (χ2v) is 5.08. The van der Waals surface area contributed by atoms with Gasteiger partial charge in [-0.3, -0.25) is 0 Å². The second-order valence-electron chi connectivity index (χ2n) is 5.08. The molecule has 2 N–H and O–H groups in total. The minimum absolute atomic E-state index is 0.252. The van der Waals surface area contributed by atoms with Crippen LogP contribution in [0.5, 0.6) is 0 Å². The molecule has 1 aliphatic heterocycles. The van der Waals surface area contributed by atoms with Gasteiger partial charge in [0.1, 0.15) is 0 Å². The van der Waals surface area contributed by atoms with Crippen molar-refractivity contribution in [2.24, 2.45) is 0 Å². The molecule has 82 valence electrons. The fourth-order valence-electron chi connectivity index (χ4n) is 2.45. The van der Waals surface area contributed by atoms with Gasteiger partial charge in [-0.05, 0) is 45.2 Å². The molecule has 0 spiro atoms. The number of nitrogens with two attached hydrogens (primary N) is 1. The van der Waals surface area contributed by atoms with Crippen LogP contribution in [0, 0.1) is 6.92 Å². The lowest BCUT2D eigenvalue weighted by Gasteiger charge is -2.34. The molecular formula is C13H20N2. The van der Waals surface area contributed by atoms with E-state index in [9.17, 15) is 0 Å². The van der Waals surface area contributed by atoms with Gasteiger partial charge < -0.3 is 10.6 Å². The molecule has 1 fully saturated rings. The summed E-state index contributed by atoms with van der Waals surface area (Å²) in [6.45, 7) is 7.78. The molecule has 0 saturated carbocycles. The van der Waals surface area contributed by atoms with Crippen LogP contribution in [0.4, 0.5) is 11.4 Å². The number of rotatable bonds is 1. The molecule has 1 saturated heterocycles. The number of nitrogens with zero attached hydrogens (tertiary/aromatic N) is 1. The lowest BCUT2D eigenvalue weighted by Crippen LogP contribution is -2.38. The Morgan fingerprint density at radius 2 is 2.07 bits per heavy atom. The van der Waals surface area contributed by atoms with E-state index in [0.29, 0.717) is 0 Å². The Morgan fingerprint density at radius 3 is 2.67 bits per heavy atom. The lowest BCUT2D eigenvalue weighted by molar-refractivity contribution is 0.518. The number of anilines is 2. The predicted octanol–water partition coefficient (Wildman–Crippen LogP) is 2.96. The summed E-state index contributed by atoms with van der Waals surface area (Å²) in [6.07, 6.45) is 2.51. The SMILES string of the molecule is Cc1cccc(N2CCCC2(C)C)c1N. The fraction of sp³-hybridized carbons (Fsp3) is 0.538. The summed E-state index contributed by atoms with van der Waals surface area (Å²) in [4.78, 5) is 2.44. The first-order valence-electron chi connectivity index (χ1n) is 5.65. The normalized spacial score (nSPS) is 19.5. The van der Waals surface area contributed by atoms with Crippen molar-refractivity contribution in [3.05, 3.63) is 23.8 Å². The second kappa shape index (κ2) is 3.44. The summed E-state index contributed by atoms with van der Waals surface area (Å²) < 4.78 is 0. The molecule has 0 aromatic heterocycles. The van der Waals surface area contributed by atoms with Gasteiger partial charge in [-0.15, -0.1) is 0 Å². The van der Waals surface area contributed by atoms with Crippen molar-refractivity contribution in [2.45, 2.75) is 39.2 Å². The van der Waals surface area contributed by atoms with Crippen LogP contribution < -0.4 is 10.6 Å². The summed E-state index contributed by atoms with van der Waals surface area (Å²) in [6, 6.07) is 6.30. The zero-order chi connectivity index (χ0) is 11.1. The van der Waals surface area contributed by atoms with Crippen molar-refractivity contribution >= 4 is 11.4 Å². The van der Waals surface area contributed by atoms with E-state index < -0.39 is 0 Å². The molecule has 0 unspecified atom stereocenters. The van der Waals surface area contributed by atoms with Gasteiger partial charge in [-0.2, -0.15) is 0 Å². The van der Waals surface area contributed by atoms with Crippen molar-refractivity contribution in [3.8, 4) is 0 Å². The van der Waals surface area contributed by atoms with Crippen LogP contribution in [-0.2, 0) is 0 Å². The Kier molecular flexibility index (Phi) is 2.37. The van der Waals surface area contributed by atoms with Gasteiger partial charge in [0.15, 0.2) is 0 Å². The van der Waals surface area contributed by atoms with E-state index in [1.54, 1.807) is 0 Å². The topological polar surface area (TPSA) is 29.3 Å². The number of hydrogen-bond acceptors (Lipinski definition) is 2. The maximum atomic E-state index is 6.14. The van der Waals surface area contributed by atoms with E-state index >= 15 is 0 Å². The first-order chi connectivity index (χ1) is 7.02. The lowest BCUT2D eigenvalue weighted by atomic mass is 10.0. The third-order valence-electron chi connectivity index (χ3n) is 3.49. The van der Waals surface area contributed by atoms with Gasteiger partial charge in [0.25, 0.3) is 0 Å². The Hall–Kier alpha value is -1.18. The largest absolute Gasteiger partial charge is 0.397 e. The Labute approximate surface area is 92.1 Å². The molecule has 1 aromatic rings. The van der Waals surface area contributed by atoms with E-state index in [0.717, 1.165) is 12.2 Å². The highest BCUT2D eigenvalue weighted by Gasteiger charge is 2.32. The molecular weight excluding hydrogens is 184 g/mol. The highest BCUT2D eigenvalue weighted by atomic mass is 15.2. The fourth-order valence-corrected chi connectivity index (χ4v) is 2.45. The van der Waals surface area contributed by atoms with Crippen molar-refractivity contribution < 1.29 is 0 Å². The van der Waals surface area contributed by atoms with E-state index in [4.69, 9.17) is 5.73 Å². The maximum Gasteiger partial charge on any atom is 0.0607 e. The summed E-state index contributed by atoms with van der Waals surface area (Å²) in [5.41, 5.74) is 9.71. The van der Waals surface area contributed by atoms with Crippen LogP contribution in [0.2, 0.25) is 0 Å².